The normalized spacial score (nSPS) is 11.1. The summed E-state index contributed by atoms with van der Waals surface area (Å²) in [6, 6.07) is 21.7. The minimum atomic E-state index is -0.180. The largest absolute Gasteiger partial charge is 0.321 e. The molecule has 0 bridgehead atoms. The number of nitrogens with zero attached hydrogens (tertiary/aromatic N) is 4. The maximum atomic E-state index is 13.1. The van der Waals surface area contributed by atoms with Crippen LogP contribution >= 0.6 is 11.3 Å². The Bertz CT molecular complexity index is 1260. The molecule has 0 amide bonds. The molecule has 5 rings (SSSR count). The van der Waals surface area contributed by atoms with Crippen molar-refractivity contribution in [2.24, 2.45) is 0 Å². The van der Waals surface area contributed by atoms with Crippen molar-refractivity contribution >= 4 is 16.3 Å². The molecule has 3 aromatic heterocycles. The van der Waals surface area contributed by atoms with Crippen LogP contribution in [-0.4, -0.2) is 24.8 Å². The maximum Gasteiger partial charge on any atom is 0.259 e. The molecule has 7 heteroatoms. The van der Waals surface area contributed by atoms with Gasteiger partial charge < -0.3 is 4.98 Å². The molecule has 0 atom stereocenters. The van der Waals surface area contributed by atoms with Crippen LogP contribution in [0.2, 0.25) is 0 Å². The fourth-order valence-corrected chi connectivity index (χ4v) is 3.93. The van der Waals surface area contributed by atoms with E-state index in [1.165, 1.54) is 17.7 Å². The number of benzene rings is 2. The number of H-pyrrole nitrogens is 1. The predicted molar refractivity (Wildman–Crippen MR) is 106 cm³/mol. The van der Waals surface area contributed by atoms with E-state index < -0.39 is 0 Å². The first-order valence-corrected chi connectivity index (χ1v) is 9.16. The number of hydrogen-bond donors (Lipinski definition) is 1. The lowest BCUT2D eigenvalue weighted by Crippen LogP contribution is -2.12. The summed E-state index contributed by atoms with van der Waals surface area (Å²) in [6.07, 6.45) is 1.53. The molecule has 6 nitrogen and oxygen atoms in total. The van der Waals surface area contributed by atoms with Gasteiger partial charge >= 0.3 is 0 Å². The average molecular weight is 371 g/mol. The molecule has 0 fully saturated rings. The number of pyridine rings is 1. The van der Waals surface area contributed by atoms with Crippen molar-refractivity contribution in [2.45, 2.75) is 0 Å². The van der Waals surface area contributed by atoms with Gasteiger partial charge in [-0.1, -0.05) is 72.0 Å². The third kappa shape index (κ3) is 2.74. The van der Waals surface area contributed by atoms with Crippen molar-refractivity contribution < 1.29 is 0 Å². The second-order valence-electron chi connectivity index (χ2n) is 6.00. The lowest BCUT2D eigenvalue weighted by molar-refractivity contribution is 0.958. The molecule has 27 heavy (non-hydrogen) atoms. The van der Waals surface area contributed by atoms with Gasteiger partial charge in [-0.3, -0.25) is 4.79 Å². The number of nitrogens with one attached hydrogen (secondary N) is 1. The second kappa shape index (κ2) is 6.30. The van der Waals surface area contributed by atoms with Gasteiger partial charge in [0.05, 0.1) is 5.56 Å². The summed E-state index contributed by atoms with van der Waals surface area (Å²) in [6.45, 7) is 0. The fraction of sp³-hybridized carbons (Fsp3) is 0. The first-order chi connectivity index (χ1) is 13.3. The van der Waals surface area contributed by atoms with Gasteiger partial charge in [0.15, 0.2) is 5.01 Å². The van der Waals surface area contributed by atoms with Gasteiger partial charge in [-0.05, 0) is 22.8 Å². The quantitative estimate of drug-likeness (QED) is 0.522. The monoisotopic (exact) mass is 371 g/mol. The highest BCUT2D eigenvalue weighted by Gasteiger charge is 2.18. The highest BCUT2D eigenvalue weighted by Crippen LogP contribution is 2.33. The van der Waals surface area contributed by atoms with Crippen LogP contribution in [0.1, 0.15) is 0 Å². The molecule has 0 aliphatic carbocycles. The van der Waals surface area contributed by atoms with Crippen LogP contribution in [-0.2, 0) is 0 Å². The Hall–Kier alpha value is -3.58. The van der Waals surface area contributed by atoms with Gasteiger partial charge in [0.1, 0.15) is 6.33 Å². The third-order valence-electron chi connectivity index (χ3n) is 4.30. The van der Waals surface area contributed by atoms with Crippen molar-refractivity contribution in [3.63, 3.8) is 0 Å². The van der Waals surface area contributed by atoms with E-state index in [2.05, 4.69) is 20.3 Å². The van der Waals surface area contributed by atoms with Gasteiger partial charge in [-0.2, -0.15) is 9.61 Å². The van der Waals surface area contributed by atoms with Crippen LogP contribution in [0.4, 0.5) is 0 Å². The molecule has 0 saturated carbocycles. The molecule has 0 unspecified atom stereocenters. The molecule has 0 aliphatic rings. The lowest BCUT2D eigenvalue weighted by atomic mass is 9.99. The van der Waals surface area contributed by atoms with Crippen LogP contribution in [0, 0.1) is 0 Å². The van der Waals surface area contributed by atoms with Crippen LogP contribution < -0.4 is 5.56 Å². The van der Waals surface area contributed by atoms with Crippen molar-refractivity contribution in [1.29, 1.82) is 0 Å². The minimum Gasteiger partial charge on any atom is -0.321 e. The zero-order valence-corrected chi connectivity index (χ0v) is 14.9. The minimum absolute atomic E-state index is 0.180. The van der Waals surface area contributed by atoms with E-state index in [4.69, 9.17) is 0 Å². The Morgan fingerprint density at radius 2 is 1.63 bits per heavy atom. The lowest BCUT2D eigenvalue weighted by Gasteiger charge is -2.10. The summed E-state index contributed by atoms with van der Waals surface area (Å²) in [5.41, 5.74) is 3.88. The van der Waals surface area contributed by atoms with E-state index in [0.717, 1.165) is 22.4 Å². The number of rotatable bonds is 3. The van der Waals surface area contributed by atoms with Crippen LogP contribution in [0.25, 0.3) is 37.9 Å². The smallest absolute Gasteiger partial charge is 0.259 e. The summed E-state index contributed by atoms with van der Waals surface area (Å²) >= 11 is 1.34. The molecule has 0 spiro atoms. The molecular weight excluding hydrogens is 358 g/mol. The van der Waals surface area contributed by atoms with Gasteiger partial charge in [0, 0.05) is 5.69 Å². The van der Waals surface area contributed by atoms with E-state index in [1.807, 2.05) is 66.7 Å². The summed E-state index contributed by atoms with van der Waals surface area (Å²) < 4.78 is 1.58. The van der Waals surface area contributed by atoms with E-state index >= 15 is 0 Å². The zero-order chi connectivity index (χ0) is 18.2. The summed E-state index contributed by atoms with van der Waals surface area (Å²) in [4.78, 5) is 16.7. The van der Waals surface area contributed by atoms with Crippen molar-refractivity contribution in [1.82, 2.24) is 24.8 Å². The van der Waals surface area contributed by atoms with E-state index in [1.54, 1.807) is 4.52 Å². The SMILES string of the molecule is O=c1[nH]c(-c2ccccc2)cc(-c2ccccc2)c1-c1nn2cnnc2s1. The highest BCUT2D eigenvalue weighted by atomic mass is 32.1. The maximum absolute atomic E-state index is 13.1. The molecule has 5 aromatic rings. The Morgan fingerprint density at radius 1 is 0.926 bits per heavy atom. The van der Waals surface area contributed by atoms with E-state index in [9.17, 15) is 4.79 Å². The molecule has 130 valence electrons. The first-order valence-electron chi connectivity index (χ1n) is 8.35. The topological polar surface area (TPSA) is 75.9 Å². The number of aromatic nitrogens is 5. The molecule has 1 N–H and O–H groups in total. The average Bonchev–Trinajstić information content (AvgIpc) is 3.31. The number of aromatic amines is 1. The van der Waals surface area contributed by atoms with Gasteiger partial charge in [0.25, 0.3) is 5.56 Å². The van der Waals surface area contributed by atoms with Gasteiger partial charge in [-0.25, -0.2) is 0 Å². The van der Waals surface area contributed by atoms with Crippen molar-refractivity contribution in [3.8, 4) is 33.0 Å². The molecule has 0 aliphatic heterocycles. The summed E-state index contributed by atoms with van der Waals surface area (Å²) in [5.74, 6) is 0. The summed E-state index contributed by atoms with van der Waals surface area (Å²) in [5, 5.41) is 12.9. The molecule has 2 aromatic carbocycles. The molecule has 0 radical (unpaired) electrons. The molecule has 0 saturated heterocycles. The fourth-order valence-electron chi connectivity index (χ4n) is 3.05. The van der Waals surface area contributed by atoms with E-state index in [0.29, 0.717) is 15.5 Å². The van der Waals surface area contributed by atoms with Gasteiger partial charge in [-0.15, -0.1) is 10.2 Å². The van der Waals surface area contributed by atoms with E-state index in [-0.39, 0.29) is 5.56 Å². The molecular formula is C20H13N5OS. The summed E-state index contributed by atoms with van der Waals surface area (Å²) in [7, 11) is 0. The Morgan fingerprint density at radius 3 is 2.33 bits per heavy atom. The van der Waals surface area contributed by atoms with Crippen molar-refractivity contribution in [2.75, 3.05) is 0 Å². The predicted octanol–water partition coefficient (Wildman–Crippen LogP) is 3.88. The zero-order valence-electron chi connectivity index (χ0n) is 14.0. The first kappa shape index (κ1) is 15.7. The molecule has 3 heterocycles. The number of fused-ring (bicyclic) bond motifs is 1. The second-order valence-corrected chi connectivity index (χ2v) is 6.95. The van der Waals surface area contributed by atoms with Crippen LogP contribution in [0.5, 0.6) is 0 Å². The Labute approximate surface area is 157 Å². The Kier molecular flexibility index (Phi) is 3.65. The van der Waals surface area contributed by atoms with Crippen LogP contribution in [0.3, 0.4) is 0 Å². The Balaban J connectivity index is 1.79. The van der Waals surface area contributed by atoms with Crippen LogP contribution in [0.15, 0.2) is 77.9 Å². The standard InChI is InChI=1S/C20H13N5OS/c26-18-17(19-24-25-12-21-23-20(25)27-19)15(13-7-3-1-4-8-13)11-16(22-18)14-9-5-2-6-10-14/h1-12H,(H,22,26). The van der Waals surface area contributed by atoms with Crippen molar-refractivity contribution in [3.05, 3.63) is 83.4 Å². The third-order valence-corrected chi connectivity index (χ3v) is 5.23. The van der Waals surface area contributed by atoms with Gasteiger partial charge in [0.2, 0.25) is 4.96 Å². The highest BCUT2D eigenvalue weighted by molar-refractivity contribution is 7.19. The number of hydrogen-bond acceptors (Lipinski definition) is 5.